The van der Waals surface area contributed by atoms with Crippen LogP contribution in [0.1, 0.15) is 42.6 Å². The van der Waals surface area contributed by atoms with Crippen LogP contribution in [0.3, 0.4) is 0 Å². The van der Waals surface area contributed by atoms with Crippen LogP contribution in [0.25, 0.3) is 0 Å². The number of carbonyl (C=O) groups excluding carboxylic acids is 3. The van der Waals surface area contributed by atoms with Gasteiger partial charge in [-0.05, 0) is 45.2 Å². The highest BCUT2D eigenvalue weighted by Crippen LogP contribution is 2.17. The van der Waals surface area contributed by atoms with Crippen molar-refractivity contribution in [3.05, 3.63) is 35.4 Å². The van der Waals surface area contributed by atoms with Crippen molar-refractivity contribution in [2.24, 2.45) is 0 Å². The van der Waals surface area contributed by atoms with E-state index < -0.39 is 0 Å². The van der Waals surface area contributed by atoms with Gasteiger partial charge in [-0.25, -0.2) is 4.79 Å². The maximum Gasteiger partial charge on any atom is 0.328 e. The number of hydrogen-bond acceptors (Lipinski definition) is 4. The van der Waals surface area contributed by atoms with Crippen LogP contribution >= 0.6 is 0 Å². The van der Waals surface area contributed by atoms with E-state index in [-0.39, 0.29) is 36.5 Å². The molecule has 0 unspecified atom stereocenters. The largest absolute Gasteiger partial charge is 0.349 e. The summed E-state index contributed by atoms with van der Waals surface area (Å²) in [7, 11) is 0. The number of aryl methyl sites for hydroxylation is 1. The molecule has 0 aliphatic carbocycles. The fourth-order valence-corrected chi connectivity index (χ4v) is 3.74. The van der Waals surface area contributed by atoms with Crippen LogP contribution in [0, 0.1) is 6.92 Å². The van der Waals surface area contributed by atoms with Crippen LogP contribution in [0.2, 0.25) is 0 Å². The van der Waals surface area contributed by atoms with Gasteiger partial charge in [0.15, 0.2) is 0 Å². The molecule has 2 aliphatic heterocycles. The molecule has 27 heavy (non-hydrogen) atoms. The van der Waals surface area contributed by atoms with Crippen molar-refractivity contribution < 1.29 is 14.4 Å². The van der Waals surface area contributed by atoms with Crippen molar-refractivity contribution in [2.45, 2.75) is 45.7 Å². The molecule has 1 N–H and O–H groups in total. The molecule has 2 aliphatic rings. The Labute approximate surface area is 160 Å². The second kappa shape index (κ2) is 8.08. The number of hydrogen-bond donors (Lipinski definition) is 1. The highest BCUT2D eigenvalue weighted by atomic mass is 16.2. The minimum atomic E-state index is -0.204. The van der Waals surface area contributed by atoms with Gasteiger partial charge in [0.2, 0.25) is 0 Å². The van der Waals surface area contributed by atoms with Gasteiger partial charge in [0.05, 0.1) is 6.67 Å². The molecule has 2 fully saturated rings. The number of nitrogens with zero attached hydrogens (tertiary/aromatic N) is 3. The SMILES string of the molecule is Cc1ccccc1C(=O)NC1CCN(CN2CC(=O)N(C(C)C)C2=O)CC1. The van der Waals surface area contributed by atoms with Crippen molar-refractivity contribution in [3.8, 4) is 0 Å². The summed E-state index contributed by atoms with van der Waals surface area (Å²) in [6.07, 6.45) is 1.67. The number of imide groups is 1. The van der Waals surface area contributed by atoms with E-state index in [0.29, 0.717) is 6.67 Å². The van der Waals surface area contributed by atoms with Crippen molar-refractivity contribution in [1.82, 2.24) is 20.0 Å². The third kappa shape index (κ3) is 4.30. The molecule has 0 atom stereocenters. The van der Waals surface area contributed by atoms with E-state index in [1.165, 1.54) is 4.90 Å². The third-order valence-electron chi connectivity index (χ3n) is 5.27. The van der Waals surface area contributed by atoms with Crippen LogP contribution in [0.15, 0.2) is 24.3 Å². The Morgan fingerprint density at radius 3 is 2.44 bits per heavy atom. The van der Waals surface area contributed by atoms with Crippen molar-refractivity contribution in [3.63, 3.8) is 0 Å². The lowest BCUT2D eigenvalue weighted by Crippen LogP contribution is -2.49. The smallest absolute Gasteiger partial charge is 0.328 e. The predicted molar refractivity (Wildman–Crippen MR) is 102 cm³/mol. The molecule has 0 bridgehead atoms. The number of rotatable bonds is 5. The number of carbonyl (C=O) groups is 3. The van der Waals surface area contributed by atoms with Gasteiger partial charge < -0.3 is 10.2 Å². The first kappa shape index (κ1) is 19.4. The zero-order valence-electron chi connectivity index (χ0n) is 16.3. The van der Waals surface area contributed by atoms with Gasteiger partial charge in [-0.3, -0.25) is 19.4 Å². The molecule has 146 valence electrons. The Morgan fingerprint density at radius 2 is 1.85 bits per heavy atom. The van der Waals surface area contributed by atoms with Crippen LogP contribution in [-0.2, 0) is 4.79 Å². The van der Waals surface area contributed by atoms with E-state index in [2.05, 4.69) is 10.2 Å². The summed E-state index contributed by atoms with van der Waals surface area (Å²) in [5, 5.41) is 3.12. The summed E-state index contributed by atoms with van der Waals surface area (Å²) in [4.78, 5) is 41.9. The third-order valence-corrected chi connectivity index (χ3v) is 5.27. The zero-order valence-corrected chi connectivity index (χ0v) is 16.3. The molecular weight excluding hydrogens is 344 g/mol. The quantitative estimate of drug-likeness (QED) is 0.800. The number of amides is 4. The van der Waals surface area contributed by atoms with E-state index in [4.69, 9.17) is 0 Å². The predicted octanol–water partition coefficient (Wildman–Crippen LogP) is 1.82. The Morgan fingerprint density at radius 1 is 1.19 bits per heavy atom. The minimum absolute atomic E-state index is 0.0283. The molecule has 0 spiro atoms. The number of piperidine rings is 1. The summed E-state index contributed by atoms with van der Waals surface area (Å²) in [5.74, 6) is -0.158. The lowest BCUT2D eigenvalue weighted by atomic mass is 10.0. The Hall–Kier alpha value is -2.41. The summed E-state index contributed by atoms with van der Waals surface area (Å²) >= 11 is 0. The van der Waals surface area contributed by atoms with Gasteiger partial charge >= 0.3 is 6.03 Å². The normalized spacial score (nSPS) is 19.3. The van der Waals surface area contributed by atoms with Crippen LogP contribution in [0.4, 0.5) is 4.79 Å². The zero-order chi connectivity index (χ0) is 19.6. The van der Waals surface area contributed by atoms with Gasteiger partial charge in [0, 0.05) is 30.7 Å². The van der Waals surface area contributed by atoms with E-state index in [1.807, 2.05) is 45.0 Å². The maximum atomic E-state index is 12.5. The van der Waals surface area contributed by atoms with Crippen molar-refractivity contribution in [1.29, 1.82) is 0 Å². The van der Waals surface area contributed by atoms with Gasteiger partial charge in [0.1, 0.15) is 6.54 Å². The maximum absolute atomic E-state index is 12.5. The molecule has 4 amide bonds. The van der Waals surface area contributed by atoms with Crippen LogP contribution in [0.5, 0.6) is 0 Å². The van der Waals surface area contributed by atoms with E-state index in [0.717, 1.165) is 37.1 Å². The molecular formula is C20H28N4O3. The van der Waals surface area contributed by atoms with Gasteiger partial charge in [-0.1, -0.05) is 18.2 Å². The molecule has 7 nitrogen and oxygen atoms in total. The number of benzene rings is 1. The van der Waals surface area contributed by atoms with E-state index in [9.17, 15) is 14.4 Å². The summed E-state index contributed by atoms with van der Waals surface area (Å²) in [6, 6.07) is 7.40. The number of urea groups is 1. The first-order valence-electron chi connectivity index (χ1n) is 9.56. The minimum Gasteiger partial charge on any atom is -0.349 e. The van der Waals surface area contributed by atoms with Gasteiger partial charge in [-0.2, -0.15) is 0 Å². The average Bonchev–Trinajstić information content (AvgIpc) is 2.90. The number of nitrogens with one attached hydrogen (secondary N) is 1. The summed E-state index contributed by atoms with van der Waals surface area (Å²) < 4.78 is 0. The standard InChI is InChI=1S/C20H28N4O3/c1-14(2)24-18(25)12-23(20(24)27)13-22-10-8-16(9-11-22)21-19(26)17-7-5-4-6-15(17)3/h4-7,14,16H,8-13H2,1-3H3,(H,21,26). The first-order valence-corrected chi connectivity index (χ1v) is 9.56. The van der Waals surface area contributed by atoms with Crippen LogP contribution < -0.4 is 5.32 Å². The molecule has 1 aromatic carbocycles. The Kier molecular flexibility index (Phi) is 5.79. The molecule has 2 heterocycles. The average molecular weight is 372 g/mol. The molecule has 0 saturated carbocycles. The molecule has 2 saturated heterocycles. The molecule has 1 aromatic rings. The van der Waals surface area contributed by atoms with E-state index >= 15 is 0 Å². The van der Waals surface area contributed by atoms with Gasteiger partial charge in [-0.15, -0.1) is 0 Å². The van der Waals surface area contributed by atoms with Crippen molar-refractivity contribution in [2.75, 3.05) is 26.3 Å². The molecule has 0 aromatic heterocycles. The molecule has 0 radical (unpaired) electrons. The van der Waals surface area contributed by atoms with Gasteiger partial charge in [0.25, 0.3) is 11.8 Å². The summed E-state index contributed by atoms with van der Waals surface area (Å²) in [5.41, 5.74) is 1.69. The number of likely N-dealkylation sites (tertiary alicyclic amines) is 1. The fourth-order valence-electron chi connectivity index (χ4n) is 3.74. The van der Waals surface area contributed by atoms with E-state index in [1.54, 1.807) is 4.90 Å². The molecule has 7 heteroatoms. The Bertz CT molecular complexity index is 726. The summed E-state index contributed by atoms with van der Waals surface area (Å²) in [6.45, 7) is 7.83. The lowest BCUT2D eigenvalue weighted by molar-refractivity contribution is -0.126. The monoisotopic (exact) mass is 372 g/mol. The second-order valence-electron chi connectivity index (χ2n) is 7.66. The highest BCUT2D eigenvalue weighted by Gasteiger charge is 2.38. The topological polar surface area (TPSA) is 73.0 Å². The molecule has 3 rings (SSSR count). The van der Waals surface area contributed by atoms with Crippen LogP contribution in [-0.4, -0.2) is 70.9 Å². The first-order chi connectivity index (χ1) is 12.9. The Balaban J connectivity index is 1.48. The highest BCUT2D eigenvalue weighted by molar-refractivity contribution is 6.02. The lowest BCUT2D eigenvalue weighted by Gasteiger charge is -2.34. The van der Waals surface area contributed by atoms with Crippen molar-refractivity contribution >= 4 is 17.8 Å². The fraction of sp³-hybridized carbons (Fsp3) is 0.550. The second-order valence-corrected chi connectivity index (χ2v) is 7.66.